The minimum atomic E-state index is 0.0635. The van der Waals surface area contributed by atoms with Crippen LogP contribution in [0.2, 0.25) is 0 Å². The minimum Gasteiger partial charge on any atom is -0.299 e. The van der Waals surface area contributed by atoms with Gasteiger partial charge in [-0.15, -0.1) is 0 Å². The third kappa shape index (κ3) is 1.89. The molecule has 3 rings (SSSR count). The van der Waals surface area contributed by atoms with Gasteiger partial charge in [0.05, 0.1) is 0 Å². The van der Waals surface area contributed by atoms with Crippen LogP contribution in [0.1, 0.15) is 22.6 Å². The SMILES string of the molecule is O=C1Cc2ccccc2C1Cc1ccccc1. The molecular formula is C16H14O. The molecule has 0 saturated carbocycles. The normalized spacial score (nSPS) is 18.1. The summed E-state index contributed by atoms with van der Waals surface area (Å²) in [6.07, 6.45) is 1.43. The van der Waals surface area contributed by atoms with Gasteiger partial charge in [0.1, 0.15) is 5.78 Å². The summed E-state index contributed by atoms with van der Waals surface area (Å²) in [5.74, 6) is 0.420. The number of fused-ring (bicyclic) bond motifs is 1. The van der Waals surface area contributed by atoms with E-state index in [1.807, 2.05) is 30.3 Å². The number of Topliss-reactive ketones (excluding diaryl/α,β-unsaturated/α-hetero) is 1. The van der Waals surface area contributed by atoms with Crippen molar-refractivity contribution >= 4 is 5.78 Å². The Morgan fingerprint density at radius 3 is 2.47 bits per heavy atom. The van der Waals surface area contributed by atoms with Gasteiger partial charge >= 0.3 is 0 Å². The van der Waals surface area contributed by atoms with E-state index < -0.39 is 0 Å². The standard InChI is InChI=1S/C16H14O/c17-16-11-13-8-4-5-9-14(13)15(16)10-12-6-2-1-3-7-12/h1-9,15H,10-11H2. The van der Waals surface area contributed by atoms with Gasteiger partial charge in [0.25, 0.3) is 0 Å². The predicted octanol–water partition coefficient (Wildman–Crippen LogP) is 3.14. The van der Waals surface area contributed by atoms with Gasteiger partial charge in [0, 0.05) is 12.3 Å². The molecule has 2 aromatic carbocycles. The van der Waals surface area contributed by atoms with Crippen LogP contribution >= 0.6 is 0 Å². The maximum Gasteiger partial charge on any atom is 0.145 e. The average Bonchev–Trinajstić information content (AvgIpc) is 2.68. The molecule has 1 atom stereocenters. The van der Waals surface area contributed by atoms with Crippen LogP contribution in [-0.2, 0) is 17.6 Å². The van der Waals surface area contributed by atoms with Crippen LogP contribution in [0.25, 0.3) is 0 Å². The van der Waals surface area contributed by atoms with Crippen LogP contribution < -0.4 is 0 Å². The van der Waals surface area contributed by atoms with E-state index >= 15 is 0 Å². The number of benzene rings is 2. The first kappa shape index (κ1) is 10.3. The molecular weight excluding hydrogens is 208 g/mol. The highest BCUT2D eigenvalue weighted by Crippen LogP contribution is 2.32. The lowest BCUT2D eigenvalue weighted by Gasteiger charge is -2.10. The highest BCUT2D eigenvalue weighted by atomic mass is 16.1. The second-order valence-corrected chi connectivity index (χ2v) is 4.58. The number of carbonyl (C=O) groups excluding carboxylic acids is 1. The second kappa shape index (κ2) is 4.17. The van der Waals surface area contributed by atoms with Gasteiger partial charge in [-0.1, -0.05) is 54.6 Å². The zero-order chi connectivity index (χ0) is 11.7. The number of carbonyl (C=O) groups is 1. The van der Waals surface area contributed by atoms with E-state index in [-0.39, 0.29) is 5.92 Å². The first-order valence-electron chi connectivity index (χ1n) is 5.99. The molecule has 0 amide bonds. The van der Waals surface area contributed by atoms with Crippen LogP contribution in [0.3, 0.4) is 0 Å². The molecule has 0 N–H and O–H groups in total. The van der Waals surface area contributed by atoms with E-state index in [0.29, 0.717) is 12.2 Å². The Morgan fingerprint density at radius 1 is 0.941 bits per heavy atom. The van der Waals surface area contributed by atoms with Gasteiger partial charge in [-0.25, -0.2) is 0 Å². The number of hydrogen-bond donors (Lipinski definition) is 0. The van der Waals surface area contributed by atoms with Gasteiger partial charge in [-0.3, -0.25) is 4.79 Å². The van der Waals surface area contributed by atoms with Crippen LogP contribution in [-0.4, -0.2) is 5.78 Å². The fraction of sp³-hybridized carbons (Fsp3) is 0.188. The third-order valence-electron chi connectivity index (χ3n) is 3.47. The Labute approximate surface area is 101 Å². The summed E-state index contributed by atoms with van der Waals surface area (Å²) < 4.78 is 0. The van der Waals surface area contributed by atoms with Crippen molar-refractivity contribution in [3.8, 4) is 0 Å². The molecule has 84 valence electrons. The van der Waals surface area contributed by atoms with E-state index in [1.165, 1.54) is 16.7 Å². The lowest BCUT2D eigenvalue weighted by molar-refractivity contribution is -0.119. The summed E-state index contributed by atoms with van der Waals surface area (Å²) in [5.41, 5.74) is 3.67. The van der Waals surface area contributed by atoms with Crippen molar-refractivity contribution in [3.05, 3.63) is 71.3 Å². The predicted molar refractivity (Wildman–Crippen MR) is 68.0 cm³/mol. The van der Waals surface area contributed by atoms with Crippen LogP contribution in [0.5, 0.6) is 0 Å². The molecule has 1 nitrogen and oxygen atoms in total. The second-order valence-electron chi connectivity index (χ2n) is 4.58. The Bertz CT molecular complexity index is 542. The maximum absolute atomic E-state index is 12.0. The number of hydrogen-bond acceptors (Lipinski definition) is 1. The molecule has 0 aliphatic heterocycles. The quantitative estimate of drug-likeness (QED) is 0.763. The molecule has 1 heteroatoms. The molecule has 0 bridgehead atoms. The molecule has 0 heterocycles. The molecule has 0 aromatic heterocycles. The zero-order valence-electron chi connectivity index (χ0n) is 9.60. The monoisotopic (exact) mass is 222 g/mol. The molecule has 0 saturated heterocycles. The van der Waals surface area contributed by atoms with Gasteiger partial charge in [-0.2, -0.15) is 0 Å². The maximum atomic E-state index is 12.0. The Balaban J connectivity index is 1.92. The smallest absolute Gasteiger partial charge is 0.145 e. The van der Waals surface area contributed by atoms with E-state index in [0.717, 1.165) is 6.42 Å². The fourth-order valence-corrected chi connectivity index (χ4v) is 2.59. The van der Waals surface area contributed by atoms with Gasteiger partial charge < -0.3 is 0 Å². The average molecular weight is 222 g/mol. The summed E-state index contributed by atoms with van der Waals surface area (Å²) in [6, 6.07) is 18.4. The lowest BCUT2D eigenvalue weighted by atomic mass is 9.93. The minimum absolute atomic E-state index is 0.0635. The Hall–Kier alpha value is -1.89. The van der Waals surface area contributed by atoms with Crippen molar-refractivity contribution in [2.75, 3.05) is 0 Å². The number of rotatable bonds is 2. The molecule has 1 aliphatic carbocycles. The molecule has 1 unspecified atom stereocenters. The lowest BCUT2D eigenvalue weighted by Crippen LogP contribution is -2.09. The van der Waals surface area contributed by atoms with Crippen molar-refractivity contribution in [3.63, 3.8) is 0 Å². The third-order valence-corrected chi connectivity index (χ3v) is 3.47. The summed E-state index contributed by atoms with van der Waals surface area (Å²) in [4.78, 5) is 12.0. The summed E-state index contributed by atoms with van der Waals surface area (Å²) in [5, 5.41) is 0. The molecule has 2 aromatic rings. The van der Waals surface area contributed by atoms with Gasteiger partial charge in [0.2, 0.25) is 0 Å². The van der Waals surface area contributed by atoms with E-state index in [2.05, 4.69) is 24.3 Å². The molecule has 0 fully saturated rings. The van der Waals surface area contributed by atoms with E-state index in [1.54, 1.807) is 0 Å². The van der Waals surface area contributed by atoms with Crippen molar-refractivity contribution < 1.29 is 4.79 Å². The number of ketones is 1. The van der Waals surface area contributed by atoms with Crippen molar-refractivity contribution in [1.29, 1.82) is 0 Å². The molecule has 0 radical (unpaired) electrons. The van der Waals surface area contributed by atoms with Gasteiger partial charge in [-0.05, 0) is 23.1 Å². The van der Waals surface area contributed by atoms with Crippen LogP contribution in [0, 0.1) is 0 Å². The summed E-state index contributed by atoms with van der Waals surface area (Å²) in [6.45, 7) is 0. The van der Waals surface area contributed by atoms with Crippen molar-refractivity contribution in [2.24, 2.45) is 0 Å². The first-order chi connectivity index (χ1) is 8.34. The topological polar surface area (TPSA) is 17.1 Å². The van der Waals surface area contributed by atoms with E-state index in [4.69, 9.17) is 0 Å². The first-order valence-corrected chi connectivity index (χ1v) is 5.99. The van der Waals surface area contributed by atoms with Gasteiger partial charge in [0.15, 0.2) is 0 Å². The van der Waals surface area contributed by atoms with Crippen LogP contribution in [0.15, 0.2) is 54.6 Å². The molecule has 1 aliphatic rings. The Kier molecular flexibility index (Phi) is 2.52. The van der Waals surface area contributed by atoms with Crippen LogP contribution in [0.4, 0.5) is 0 Å². The summed E-state index contributed by atoms with van der Waals surface area (Å²) >= 11 is 0. The highest BCUT2D eigenvalue weighted by Gasteiger charge is 2.29. The summed E-state index contributed by atoms with van der Waals surface area (Å²) in [7, 11) is 0. The molecule has 0 spiro atoms. The molecule has 17 heavy (non-hydrogen) atoms. The fourth-order valence-electron chi connectivity index (χ4n) is 2.59. The van der Waals surface area contributed by atoms with Crippen molar-refractivity contribution in [1.82, 2.24) is 0 Å². The highest BCUT2D eigenvalue weighted by molar-refractivity contribution is 5.92. The Morgan fingerprint density at radius 2 is 1.65 bits per heavy atom. The van der Waals surface area contributed by atoms with Crippen molar-refractivity contribution in [2.45, 2.75) is 18.8 Å². The van der Waals surface area contributed by atoms with E-state index in [9.17, 15) is 4.79 Å². The zero-order valence-corrected chi connectivity index (χ0v) is 9.60. The largest absolute Gasteiger partial charge is 0.299 e.